The van der Waals surface area contributed by atoms with E-state index in [1.165, 1.54) is 0 Å². The molecular weight excluding hydrogens is 247 g/mol. The van der Waals surface area contributed by atoms with Crippen LogP contribution in [0.1, 0.15) is 0 Å². The first kappa shape index (κ1) is 11.7. The molecule has 0 aromatic heterocycles. The summed E-state index contributed by atoms with van der Waals surface area (Å²) in [6.07, 6.45) is 0. The molecule has 1 aromatic rings. The fraction of sp³-hybridized carbons (Fsp3) is 0. The lowest BCUT2D eigenvalue weighted by Crippen LogP contribution is -2.06. The molecule has 0 aliphatic carbocycles. The molecule has 0 bridgehead atoms. The number of hydrogen-bond donors (Lipinski definition) is 1. The Kier molecular flexibility index (Phi) is 2.60. The van der Waals surface area contributed by atoms with Crippen LogP contribution in [0.5, 0.6) is 5.75 Å². The predicted octanol–water partition coefficient (Wildman–Crippen LogP) is 1.61. The van der Waals surface area contributed by atoms with Crippen molar-refractivity contribution in [2.24, 2.45) is 0 Å². The van der Waals surface area contributed by atoms with Crippen LogP contribution in [0.4, 0.5) is 21.4 Å². The molecule has 84 valence electrons. The van der Waals surface area contributed by atoms with Gasteiger partial charge in [0.15, 0.2) is 22.3 Å². The Morgan fingerprint density at radius 3 is 1.47 bits per heavy atom. The van der Waals surface area contributed by atoms with Crippen molar-refractivity contribution >= 4 is 10.2 Å². The zero-order chi connectivity index (χ0) is 12.0. The molecule has 0 aliphatic rings. The van der Waals surface area contributed by atoms with Crippen LogP contribution in [0.25, 0.3) is 0 Å². The average Bonchev–Trinajstić information content (AvgIpc) is 2.09. The molecule has 3 nitrogen and oxygen atoms in total. The van der Waals surface area contributed by atoms with E-state index < -0.39 is 44.1 Å². The lowest BCUT2D eigenvalue weighted by atomic mass is 10.3. The quantitative estimate of drug-likeness (QED) is 0.466. The lowest BCUT2D eigenvalue weighted by Gasteiger charge is -2.04. The monoisotopic (exact) mass is 248 g/mol. The Labute approximate surface area is 80.0 Å². The number of phenols is 1. The molecule has 15 heavy (non-hydrogen) atoms. The van der Waals surface area contributed by atoms with Crippen LogP contribution in [-0.4, -0.2) is 13.5 Å². The molecule has 1 N–H and O–H groups in total. The highest BCUT2D eigenvalue weighted by atomic mass is 32.3. The van der Waals surface area contributed by atoms with E-state index in [2.05, 4.69) is 0 Å². The summed E-state index contributed by atoms with van der Waals surface area (Å²) in [6.45, 7) is 0. The lowest BCUT2D eigenvalue weighted by molar-refractivity contribution is 0.341. The second-order valence-electron chi connectivity index (χ2n) is 2.37. The summed E-state index contributed by atoms with van der Waals surface area (Å²) in [6, 6.07) is 0. The minimum atomic E-state index is -5.97. The highest BCUT2D eigenvalue weighted by Gasteiger charge is 2.33. The largest absolute Gasteiger partial charge is 0.503 e. The van der Waals surface area contributed by atoms with Gasteiger partial charge >= 0.3 is 10.2 Å². The van der Waals surface area contributed by atoms with Crippen molar-refractivity contribution in [3.8, 4) is 5.75 Å². The second kappa shape index (κ2) is 3.33. The molecule has 0 amide bonds. The molecule has 0 unspecified atom stereocenters. The van der Waals surface area contributed by atoms with E-state index in [4.69, 9.17) is 5.11 Å². The van der Waals surface area contributed by atoms with E-state index in [1.54, 1.807) is 0 Å². The third-order valence-electron chi connectivity index (χ3n) is 1.44. The van der Waals surface area contributed by atoms with Crippen LogP contribution in [0.3, 0.4) is 0 Å². The SMILES string of the molecule is O=S(=O)(F)c1c(F)c(F)c(O)c(F)c1F. The van der Waals surface area contributed by atoms with Crippen LogP contribution in [0.2, 0.25) is 0 Å². The minimum absolute atomic E-state index is 2.06. The van der Waals surface area contributed by atoms with Gasteiger partial charge in [-0.05, 0) is 0 Å². The first-order chi connectivity index (χ1) is 6.68. The summed E-state index contributed by atoms with van der Waals surface area (Å²) in [5.74, 6) is -11.9. The van der Waals surface area contributed by atoms with Gasteiger partial charge < -0.3 is 5.11 Å². The van der Waals surface area contributed by atoms with Crippen LogP contribution < -0.4 is 0 Å². The highest BCUT2D eigenvalue weighted by Crippen LogP contribution is 2.32. The molecule has 0 spiro atoms. The number of halogens is 5. The molecule has 0 fully saturated rings. The van der Waals surface area contributed by atoms with E-state index >= 15 is 0 Å². The van der Waals surface area contributed by atoms with E-state index in [0.29, 0.717) is 0 Å². The summed E-state index contributed by atoms with van der Waals surface area (Å²) >= 11 is 0. The van der Waals surface area contributed by atoms with Gasteiger partial charge in [-0.15, -0.1) is 3.89 Å². The van der Waals surface area contributed by atoms with Gasteiger partial charge in [-0.1, -0.05) is 0 Å². The topological polar surface area (TPSA) is 54.4 Å². The first-order valence-corrected chi connectivity index (χ1v) is 4.55. The van der Waals surface area contributed by atoms with Crippen molar-refractivity contribution in [3.05, 3.63) is 23.3 Å². The van der Waals surface area contributed by atoms with Crippen LogP contribution in [0.15, 0.2) is 4.90 Å². The summed E-state index contributed by atoms with van der Waals surface area (Å²) in [7, 11) is -5.97. The minimum Gasteiger partial charge on any atom is -0.503 e. The van der Waals surface area contributed by atoms with Crippen molar-refractivity contribution < 1.29 is 35.0 Å². The number of aromatic hydroxyl groups is 1. The molecule has 1 rings (SSSR count). The predicted molar refractivity (Wildman–Crippen MR) is 36.2 cm³/mol. The molecule has 9 heteroatoms. The molecule has 0 saturated heterocycles. The van der Waals surface area contributed by atoms with Gasteiger partial charge in [0, 0.05) is 0 Å². The fourth-order valence-electron chi connectivity index (χ4n) is 0.814. The first-order valence-electron chi connectivity index (χ1n) is 3.17. The Bertz CT molecular complexity index is 495. The van der Waals surface area contributed by atoms with Gasteiger partial charge in [0.2, 0.25) is 11.6 Å². The van der Waals surface area contributed by atoms with Gasteiger partial charge in [0.25, 0.3) is 0 Å². The van der Waals surface area contributed by atoms with Gasteiger partial charge in [0.05, 0.1) is 0 Å². The van der Waals surface area contributed by atoms with E-state index in [-0.39, 0.29) is 0 Å². The van der Waals surface area contributed by atoms with Crippen LogP contribution in [-0.2, 0) is 10.2 Å². The third kappa shape index (κ3) is 1.74. The number of phenolic OH excluding ortho intramolecular Hbond substituents is 1. The third-order valence-corrected chi connectivity index (χ3v) is 2.29. The zero-order valence-corrected chi connectivity index (χ0v) is 7.38. The van der Waals surface area contributed by atoms with E-state index in [0.717, 1.165) is 0 Å². The maximum Gasteiger partial charge on any atom is 0.338 e. The molecule has 0 radical (unpaired) electrons. The Morgan fingerprint density at radius 1 is 0.867 bits per heavy atom. The van der Waals surface area contributed by atoms with Gasteiger partial charge in [-0.3, -0.25) is 0 Å². The Balaban J connectivity index is 3.84. The van der Waals surface area contributed by atoms with Crippen molar-refractivity contribution in [3.63, 3.8) is 0 Å². The maximum atomic E-state index is 12.6. The van der Waals surface area contributed by atoms with E-state index in [1.807, 2.05) is 0 Å². The molecular formula is C6HF5O3S. The Morgan fingerprint density at radius 2 is 1.20 bits per heavy atom. The van der Waals surface area contributed by atoms with Crippen LogP contribution in [0, 0.1) is 23.3 Å². The molecule has 0 atom stereocenters. The number of benzene rings is 1. The van der Waals surface area contributed by atoms with Crippen molar-refractivity contribution in [1.29, 1.82) is 0 Å². The van der Waals surface area contributed by atoms with Crippen molar-refractivity contribution in [2.75, 3.05) is 0 Å². The normalized spacial score (nSPS) is 11.8. The second-order valence-corrected chi connectivity index (χ2v) is 3.66. The Hall–Kier alpha value is -1.38. The summed E-state index contributed by atoms with van der Waals surface area (Å²) < 4.78 is 82.7. The molecule has 0 aliphatic heterocycles. The summed E-state index contributed by atoms with van der Waals surface area (Å²) in [5, 5.41) is 8.41. The van der Waals surface area contributed by atoms with Crippen molar-refractivity contribution in [2.45, 2.75) is 4.90 Å². The van der Waals surface area contributed by atoms with Gasteiger partial charge in [0.1, 0.15) is 0 Å². The average molecular weight is 248 g/mol. The number of hydrogen-bond acceptors (Lipinski definition) is 3. The van der Waals surface area contributed by atoms with Crippen molar-refractivity contribution in [1.82, 2.24) is 0 Å². The zero-order valence-electron chi connectivity index (χ0n) is 6.56. The van der Waals surface area contributed by atoms with Gasteiger partial charge in [-0.2, -0.15) is 17.2 Å². The molecule has 0 saturated carbocycles. The van der Waals surface area contributed by atoms with E-state index in [9.17, 15) is 29.9 Å². The fourth-order valence-corrected chi connectivity index (χ4v) is 1.42. The van der Waals surface area contributed by atoms with Gasteiger partial charge in [-0.25, -0.2) is 8.78 Å². The summed E-state index contributed by atoms with van der Waals surface area (Å²) in [5.41, 5.74) is 0. The number of rotatable bonds is 1. The molecule has 0 heterocycles. The maximum absolute atomic E-state index is 12.6. The molecule has 1 aromatic carbocycles. The smallest absolute Gasteiger partial charge is 0.338 e. The highest BCUT2D eigenvalue weighted by molar-refractivity contribution is 7.86. The summed E-state index contributed by atoms with van der Waals surface area (Å²) in [4.78, 5) is -2.41. The standard InChI is InChI=1S/C6HF5O3S/c7-1-3(9)6(15(11,13)14)4(10)2(8)5(1)12/h12H. The van der Waals surface area contributed by atoms with Crippen LogP contribution >= 0.6 is 0 Å².